The summed E-state index contributed by atoms with van der Waals surface area (Å²) in [5.41, 5.74) is 1.12. The Labute approximate surface area is 103 Å². The van der Waals surface area contributed by atoms with Gasteiger partial charge in [0.15, 0.2) is 0 Å². The van der Waals surface area contributed by atoms with E-state index in [2.05, 4.69) is 5.32 Å². The van der Waals surface area contributed by atoms with Gasteiger partial charge in [-0.1, -0.05) is 12.1 Å². The first-order chi connectivity index (χ1) is 8.36. The van der Waals surface area contributed by atoms with Gasteiger partial charge in [0, 0.05) is 27.3 Å². The third-order valence-corrected chi connectivity index (χ3v) is 2.24. The summed E-state index contributed by atoms with van der Waals surface area (Å²) < 4.78 is 15.6. The van der Waals surface area contributed by atoms with Crippen molar-refractivity contribution in [3.63, 3.8) is 0 Å². The van der Waals surface area contributed by atoms with E-state index in [0.29, 0.717) is 13.2 Å². The number of rotatable bonds is 9. The van der Waals surface area contributed by atoms with Crippen LogP contribution in [0.25, 0.3) is 0 Å². The quantitative estimate of drug-likeness (QED) is 0.662. The average molecular weight is 239 g/mol. The Morgan fingerprint density at radius 1 is 1.06 bits per heavy atom. The first-order valence-electron chi connectivity index (χ1n) is 5.77. The Hall–Kier alpha value is -1.10. The summed E-state index contributed by atoms with van der Waals surface area (Å²) in [5.74, 6) is 0.882. The summed E-state index contributed by atoms with van der Waals surface area (Å²) in [5, 5.41) is 3.22. The van der Waals surface area contributed by atoms with Crippen molar-refractivity contribution in [2.45, 2.75) is 6.61 Å². The number of methoxy groups -OCH3 is 2. The van der Waals surface area contributed by atoms with E-state index in [4.69, 9.17) is 14.2 Å². The second kappa shape index (κ2) is 8.98. The Bertz CT molecular complexity index is 304. The van der Waals surface area contributed by atoms with Gasteiger partial charge in [0.2, 0.25) is 0 Å². The Kier molecular flexibility index (Phi) is 7.38. The van der Waals surface area contributed by atoms with Gasteiger partial charge >= 0.3 is 0 Å². The van der Waals surface area contributed by atoms with Crippen LogP contribution in [0.5, 0.6) is 5.75 Å². The summed E-state index contributed by atoms with van der Waals surface area (Å²) in [4.78, 5) is 0. The number of nitrogens with one attached hydrogen (secondary N) is 1. The summed E-state index contributed by atoms with van der Waals surface area (Å²) in [6.07, 6.45) is 0. The molecule has 4 heteroatoms. The molecule has 0 unspecified atom stereocenters. The Balaban J connectivity index is 2.19. The standard InChI is InChI=1S/C13H21NO3/c1-15-8-6-14-7-9-17-13-5-3-4-12(10-13)11-16-2/h3-5,10,14H,6-9,11H2,1-2H3. The van der Waals surface area contributed by atoms with E-state index in [9.17, 15) is 0 Å². The molecule has 0 saturated heterocycles. The third-order valence-electron chi connectivity index (χ3n) is 2.24. The van der Waals surface area contributed by atoms with E-state index in [-0.39, 0.29) is 0 Å². The van der Waals surface area contributed by atoms with E-state index in [1.165, 1.54) is 0 Å². The molecule has 0 aliphatic carbocycles. The van der Waals surface area contributed by atoms with Crippen molar-refractivity contribution in [3.8, 4) is 5.75 Å². The maximum Gasteiger partial charge on any atom is 0.119 e. The lowest BCUT2D eigenvalue weighted by Gasteiger charge is -2.08. The van der Waals surface area contributed by atoms with Gasteiger partial charge in [-0.05, 0) is 17.7 Å². The molecule has 96 valence electrons. The zero-order chi connectivity index (χ0) is 12.3. The Morgan fingerprint density at radius 2 is 1.88 bits per heavy atom. The van der Waals surface area contributed by atoms with Gasteiger partial charge in [-0.2, -0.15) is 0 Å². The smallest absolute Gasteiger partial charge is 0.119 e. The molecule has 0 saturated carbocycles. The number of ether oxygens (including phenoxy) is 3. The van der Waals surface area contributed by atoms with Crippen LogP contribution in [0.4, 0.5) is 0 Å². The largest absolute Gasteiger partial charge is 0.492 e. The molecule has 0 heterocycles. The fourth-order valence-electron chi connectivity index (χ4n) is 1.43. The minimum absolute atomic E-state index is 0.614. The molecule has 0 radical (unpaired) electrons. The van der Waals surface area contributed by atoms with Crippen molar-refractivity contribution in [2.75, 3.05) is 40.5 Å². The molecule has 0 aliphatic heterocycles. The van der Waals surface area contributed by atoms with Crippen LogP contribution in [0.2, 0.25) is 0 Å². The van der Waals surface area contributed by atoms with Crippen molar-refractivity contribution in [1.82, 2.24) is 5.32 Å². The highest BCUT2D eigenvalue weighted by molar-refractivity contribution is 5.28. The van der Waals surface area contributed by atoms with Gasteiger partial charge in [-0.3, -0.25) is 0 Å². The third kappa shape index (κ3) is 6.26. The molecule has 1 aromatic rings. The molecule has 0 aliphatic rings. The fourth-order valence-corrected chi connectivity index (χ4v) is 1.43. The van der Waals surface area contributed by atoms with Crippen molar-refractivity contribution in [1.29, 1.82) is 0 Å². The van der Waals surface area contributed by atoms with Crippen molar-refractivity contribution in [2.24, 2.45) is 0 Å². The summed E-state index contributed by atoms with van der Waals surface area (Å²) in [7, 11) is 3.38. The number of hydrogen-bond donors (Lipinski definition) is 1. The molecular formula is C13H21NO3. The summed E-state index contributed by atoms with van der Waals surface area (Å²) >= 11 is 0. The molecule has 0 spiro atoms. The molecule has 4 nitrogen and oxygen atoms in total. The van der Waals surface area contributed by atoms with E-state index in [0.717, 1.165) is 31.0 Å². The average Bonchev–Trinajstić information content (AvgIpc) is 2.35. The Morgan fingerprint density at radius 3 is 2.65 bits per heavy atom. The molecule has 0 aromatic heterocycles. The van der Waals surface area contributed by atoms with Gasteiger partial charge in [0.05, 0.1) is 13.2 Å². The van der Waals surface area contributed by atoms with Crippen LogP contribution in [-0.4, -0.2) is 40.5 Å². The van der Waals surface area contributed by atoms with Crippen LogP contribution >= 0.6 is 0 Å². The molecule has 1 rings (SSSR count). The predicted molar refractivity (Wildman–Crippen MR) is 67.4 cm³/mol. The number of hydrogen-bond acceptors (Lipinski definition) is 4. The lowest BCUT2D eigenvalue weighted by Crippen LogP contribution is -2.24. The molecule has 0 fully saturated rings. The monoisotopic (exact) mass is 239 g/mol. The van der Waals surface area contributed by atoms with Crippen LogP contribution < -0.4 is 10.1 Å². The lowest BCUT2D eigenvalue weighted by atomic mass is 10.2. The molecule has 0 atom stereocenters. The minimum atomic E-state index is 0.614. The maximum atomic E-state index is 5.61. The van der Waals surface area contributed by atoms with E-state index in [1.807, 2.05) is 24.3 Å². The first-order valence-corrected chi connectivity index (χ1v) is 5.77. The number of benzene rings is 1. The molecule has 1 N–H and O–H groups in total. The van der Waals surface area contributed by atoms with Crippen LogP contribution in [0.1, 0.15) is 5.56 Å². The minimum Gasteiger partial charge on any atom is -0.492 e. The van der Waals surface area contributed by atoms with E-state index in [1.54, 1.807) is 14.2 Å². The SMILES string of the molecule is COCCNCCOc1cccc(COC)c1. The van der Waals surface area contributed by atoms with Gasteiger partial charge in [-0.25, -0.2) is 0 Å². The van der Waals surface area contributed by atoms with Gasteiger partial charge in [-0.15, -0.1) is 0 Å². The van der Waals surface area contributed by atoms with Crippen LogP contribution in [0.3, 0.4) is 0 Å². The van der Waals surface area contributed by atoms with Crippen molar-refractivity contribution < 1.29 is 14.2 Å². The molecule has 0 amide bonds. The zero-order valence-electron chi connectivity index (χ0n) is 10.6. The molecule has 17 heavy (non-hydrogen) atoms. The highest BCUT2D eigenvalue weighted by atomic mass is 16.5. The predicted octanol–water partition coefficient (Wildman–Crippen LogP) is 1.45. The molecule has 1 aromatic carbocycles. The van der Waals surface area contributed by atoms with Gasteiger partial charge < -0.3 is 19.5 Å². The van der Waals surface area contributed by atoms with Gasteiger partial charge in [0.25, 0.3) is 0 Å². The molecule has 0 bridgehead atoms. The highest BCUT2D eigenvalue weighted by Crippen LogP contribution is 2.13. The molecular weight excluding hydrogens is 218 g/mol. The normalized spacial score (nSPS) is 10.5. The maximum absolute atomic E-state index is 5.61. The van der Waals surface area contributed by atoms with Crippen molar-refractivity contribution in [3.05, 3.63) is 29.8 Å². The van der Waals surface area contributed by atoms with Crippen LogP contribution in [0.15, 0.2) is 24.3 Å². The second-order valence-electron chi connectivity index (χ2n) is 3.67. The topological polar surface area (TPSA) is 39.7 Å². The van der Waals surface area contributed by atoms with E-state index >= 15 is 0 Å². The second-order valence-corrected chi connectivity index (χ2v) is 3.67. The lowest BCUT2D eigenvalue weighted by molar-refractivity contribution is 0.184. The van der Waals surface area contributed by atoms with Gasteiger partial charge in [0.1, 0.15) is 12.4 Å². The zero-order valence-corrected chi connectivity index (χ0v) is 10.6. The summed E-state index contributed by atoms with van der Waals surface area (Å²) in [6, 6.07) is 7.95. The fraction of sp³-hybridized carbons (Fsp3) is 0.538. The first kappa shape index (κ1) is 14.0. The van der Waals surface area contributed by atoms with E-state index < -0.39 is 0 Å². The highest BCUT2D eigenvalue weighted by Gasteiger charge is 1.96. The van der Waals surface area contributed by atoms with Crippen LogP contribution in [0, 0.1) is 0 Å². The van der Waals surface area contributed by atoms with Crippen LogP contribution in [-0.2, 0) is 16.1 Å². The van der Waals surface area contributed by atoms with Crippen molar-refractivity contribution >= 4 is 0 Å². The summed E-state index contributed by atoms with van der Waals surface area (Å²) in [6.45, 7) is 3.66.